The lowest BCUT2D eigenvalue weighted by atomic mass is 9.73. The normalized spacial score (nSPS) is 34.7. The predicted octanol–water partition coefficient (Wildman–Crippen LogP) is 3.09. The molecule has 1 fully saturated rings. The van der Waals surface area contributed by atoms with Gasteiger partial charge in [-0.15, -0.1) is 0 Å². The first-order chi connectivity index (χ1) is 7.54. The molecule has 1 saturated carbocycles. The van der Waals surface area contributed by atoms with Gasteiger partial charge in [-0.05, 0) is 42.9 Å². The van der Waals surface area contributed by atoms with Gasteiger partial charge < -0.3 is 9.84 Å². The van der Waals surface area contributed by atoms with Gasteiger partial charge in [-0.3, -0.25) is 0 Å². The highest BCUT2D eigenvalue weighted by Crippen LogP contribution is 2.36. The Labute approximate surface area is 100 Å². The summed E-state index contributed by atoms with van der Waals surface area (Å²) < 4.78 is 5.12. The molecule has 0 radical (unpaired) electrons. The Bertz CT molecular complexity index is 193. The molecule has 0 aromatic rings. The van der Waals surface area contributed by atoms with Crippen molar-refractivity contribution < 1.29 is 9.84 Å². The standard InChI is InChI=1S/C14H28O2/c1-10(9-16-4)7-14(15)13-6-5-11(2)12(3)8-13/h10-15H,5-9H2,1-4H3. The van der Waals surface area contributed by atoms with Crippen LogP contribution in [0.1, 0.15) is 46.5 Å². The van der Waals surface area contributed by atoms with Gasteiger partial charge in [-0.1, -0.05) is 27.2 Å². The van der Waals surface area contributed by atoms with Crippen molar-refractivity contribution in [3.63, 3.8) is 0 Å². The molecule has 0 saturated heterocycles. The molecular formula is C14H28O2. The zero-order valence-corrected chi connectivity index (χ0v) is 11.3. The van der Waals surface area contributed by atoms with E-state index < -0.39 is 0 Å². The van der Waals surface area contributed by atoms with Crippen LogP contribution in [0, 0.1) is 23.7 Å². The van der Waals surface area contributed by atoms with Crippen LogP contribution >= 0.6 is 0 Å². The third-order valence-electron chi connectivity index (χ3n) is 4.28. The lowest BCUT2D eigenvalue weighted by Gasteiger charge is -2.35. The molecule has 0 heterocycles. The van der Waals surface area contributed by atoms with Crippen LogP contribution in [0.3, 0.4) is 0 Å². The summed E-state index contributed by atoms with van der Waals surface area (Å²) in [5.74, 6) is 2.59. The smallest absolute Gasteiger partial charge is 0.0571 e. The molecule has 1 aliphatic carbocycles. The fraction of sp³-hybridized carbons (Fsp3) is 1.00. The van der Waals surface area contributed by atoms with Gasteiger partial charge in [0.2, 0.25) is 0 Å². The molecule has 0 aromatic carbocycles. The Morgan fingerprint density at radius 2 is 1.94 bits per heavy atom. The molecule has 0 bridgehead atoms. The van der Waals surface area contributed by atoms with E-state index in [1.165, 1.54) is 19.3 Å². The largest absolute Gasteiger partial charge is 0.393 e. The van der Waals surface area contributed by atoms with Crippen LogP contribution in [0.25, 0.3) is 0 Å². The van der Waals surface area contributed by atoms with Crippen LogP contribution in [0.4, 0.5) is 0 Å². The summed E-state index contributed by atoms with van der Waals surface area (Å²) in [4.78, 5) is 0. The first-order valence-corrected chi connectivity index (χ1v) is 6.71. The highest BCUT2D eigenvalue weighted by Gasteiger charge is 2.29. The Morgan fingerprint density at radius 3 is 2.50 bits per heavy atom. The van der Waals surface area contributed by atoms with Crippen molar-refractivity contribution in [2.24, 2.45) is 23.7 Å². The molecule has 0 spiro atoms. The summed E-state index contributed by atoms with van der Waals surface area (Å²) >= 11 is 0. The molecule has 5 unspecified atom stereocenters. The lowest BCUT2D eigenvalue weighted by molar-refractivity contribution is 0.0294. The number of rotatable bonds is 5. The number of aliphatic hydroxyl groups excluding tert-OH is 1. The summed E-state index contributed by atoms with van der Waals surface area (Å²) in [7, 11) is 1.73. The van der Waals surface area contributed by atoms with Crippen molar-refractivity contribution in [1.82, 2.24) is 0 Å². The first-order valence-electron chi connectivity index (χ1n) is 6.71. The molecule has 0 amide bonds. The first kappa shape index (κ1) is 14.0. The minimum Gasteiger partial charge on any atom is -0.393 e. The van der Waals surface area contributed by atoms with E-state index in [0.29, 0.717) is 11.8 Å². The topological polar surface area (TPSA) is 29.5 Å². The zero-order valence-electron chi connectivity index (χ0n) is 11.3. The predicted molar refractivity (Wildman–Crippen MR) is 67.3 cm³/mol. The third-order valence-corrected chi connectivity index (χ3v) is 4.28. The SMILES string of the molecule is COCC(C)CC(O)C1CCC(C)C(C)C1. The number of aliphatic hydroxyl groups is 1. The van der Waals surface area contributed by atoms with Crippen LogP contribution in [-0.2, 0) is 4.74 Å². The van der Waals surface area contributed by atoms with E-state index in [1.807, 2.05) is 0 Å². The maximum Gasteiger partial charge on any atom is 0.0571 e. The van der Waals surface area contributed by atoms with Crippen molar-refractivity contribution >= 4 is 0 Å². The summed E-state index contributed by atoms with van der Waals surface area (Å²) in [6, 6.07) is 0. The Morgan fingerprint density at radius 1 is 1.25 bits per heavy atom. The number of ether oxygens (including phenoxy) is 1. The second-order valence-corrected chi connectivity index (χ2v) is 5.89. The van der Waals surface area contributed by atoms with E-state index >= 15 is 0 Å². The summed E-state index contributed by atoms with van der Waals surface area (Å²) in [5, 5.41) is 10.2. The fourth-order valence-electron chi connectivity index (χ4n) is 2.90. The fourth-order valence-corrected chi connectivity index (χ4v) is 2.90. The van der Waals surface area contributed by atoms with Crippen molar-refractivity contribution in [2.45, 2.75) is 52.6 Å². The van der Waals surface area contributed by atoms with Crippen molar-refractivity contribution in [3.8, 4) is 0 Å². The van der Waals surface area contributed by atoms with Gasteiger partial charge in [0.25, 0.3) is 0 Å². The van der Waals surface area contributed by atoms with E-state index in [4.69, 9.17) is 4.74 Å². The Hall–Kier alpha value is -0.0800. The average molecular weight is 228 g/mol. The molecule has 1 rings (SSSR count). The minimum atomic E-state index is -0.125. The third kappa shape index (κ3) is 4.06. The second kappa shape index (κ2) is 6.61. The second-order valence-electron chi connectivity index (χ2n) is 5.89. The molecule has 1 N–H and O–H groups in total. The summed E-state index contributed by atoms with van der Waals surface area (Å²) in [5.41, 5.74) is 0. The highest BCUT2D eigenvalue weighted by atomic mass is 16.5. The van der Waals surface area contributed by atoms with E-state index in [2.05, 4.69) is 20.8 Å². The average Bonchev–Trinajstić information content (AvgIpc) is 2.22. The quantitative estimate of drug-likeness (QED) is 0.783. The summed E-state index contributed by atoms with van der Waals surface area (Å²) in [6.45, 7) is 7.57. The lowest BCUT2D eigenvalue weighted by Crippen LogP contribution is -2.31. The molecule has 16 heavy (non-hydrogen) atoms. The van der Waals surface area contributed by atoms with E-state index in [1.54, 1.807) is 7.11 Å². The molecule has 1 aliphatic rings. The molecule has 5 atom stereocenters. The molecule has 0 aliphatic heterocycles. The van der Waals surface area contributed by atoms with Crippen LogP contribution in [0.5, 0.6) is 0 Å². The number of methoxy groups -OCH3 is 1. The van der Waals surface area contributed by atoms with Gasteiger partial charge >= 0.3 is 0 Å². The molecular weight excluding hydrogens is 200 g/mol. The van der Waals surface area contributed by atoms with Gasteiger partial charge in [0.1, 0.15) is 0 Å². The molecule has 0 aromatic heterocycles. The minimum absolute atomic E-state index is 0.125. The van der Waals surface area contributed by atoms with Crippen molar-refractivity contribution in [3.05, 3.63) is 0 Å². The molecule has 2 nitrogen and oxygen atoms in total. The van der Waals surface area contributed by atoms with Gasteiger partial charge in [-0.25, -0.2) is 0 Å². The molecule has 96 valence electrons. The van der Waals surface area contributed by atoms with Crippen LogP contribution in [0.15, 0.2) is 0 Å². The maximum absolute atomic E-state index is 10.2. The van der Waals surface area contributed by atoms with Crippen LogP contribution in [0.2, 0.25) is 0 Å². The summed E-state index contributed by atoms with van der Waals surface area (Å²) in [6.07, 6.45) is 4.44. The monoisotopic (exact) mass is 228 g/mol. The van der Waals surface area contributed by atoms with Crippen LogP contribution < -0.4 is 0 Å². The maximum atomic E-state index is 10.2. The Kier molecular flexibility index (Phi) is 5.77. The van der Waals surface area contributed by atoms with Crippen molar-refractivity contribution in [2.75, 3.05) is 13.7 Å². The van der Waals surface area contributed by atoms with E-state index in [-0.39, 0.29) is 6.10 Å². The van der Waals surface area contributed by atoms with E-state index in [9.17, 15) is 5.11 Å². The van der Waals surface area contributed by atoms with Crippen LogP contribution in [-0.4, -0.2) is 24.9 Å². The number of hydrogen-bond donors (Lipinski definition) is 1. The molecule has 2 heteroatoms. The van der Waals surface area contributed by atoms with E-state index in [0.717, 1.165) is 24.9 Å². The zero-order chi connectivity index (χ0) is 12.1. The highest BCUT2D eigenvalue weighted by molar-refractivity contribution is 4.80. The van der Waals surface area contributed by atoms with Gasteiger partial charge in [-0.2, -0.15) is 0 Å². The van der Waals surface area contributed by atoms with Gasteiger partial charge in [0, 0.05) is 13.7 Å². The number of hydrogen-bond acceptors (Lipinski definition) is 2. The van der Waals surface area contributed by atoms with Gasteiger partial charge in [0.15, 0.2) is 0 Å². The van der Waals surface area contributed by atoms with Crippen molar-refractivity contribution in [1.29, 1.82) is 0 Å². The Balaban J connectivity index is 2.33. The van der Waals surface area contributed by atoms with Gasteiger partial charge in [0.05, 0.1) is 6.10 Å².